The minimum atomic E-state index is -4.82. The van der Waals surface area contributed by atoms with Gasteiger partial charge in [-0.1, -0.05) is 32.9 Å². The number of hydrogen-bond acceptors (Lipinski definition) is 5. The molecule has 1 aliphatic heterocycles. The molecular formula is C30H39F3N4O3. The molecule has 2 aliphatic rings. The van der Waals surface area contributed by atoms with E-state index < -0.39 is 22.4 Å². The SMILES string of the molecule is CC(C)(C)c1ccc(N2CCC(CNC(=O)[C@H]3CC[C@H](Nc4ccc([N+](=O)[O-])c(C(F)(F)F)c4)CC3)CC2)cc1. The molecule has 0 radical (unpaired) electrons. The highest BCUT2D eigenvalue weighted by Crippen LogP contribution is 2.38. The van der Waals surface area contributed by atoms with Gasteiger partial charge in [0.05, 0.1) is 4.92 Å². The fourth-order valence-electron chi connectivity index (χ4n) is 5.70. The molecule has 1 aliphatic carbocycles. The van der Waals surface area contributed by atoms with E-state index in [-0.39, 0.29) is 29.0 Å². The maximum absolute atomic E-state index is 13.3. The number of nitro benzene ring substituents is 1. The van der Waals surface area contributed by atoms with Gasteiger partial charge in [-0.15, -0.1) is 0 Å². The smallest absolute Gasteiger partial charge is 0.382 e. The van der Waals surface area contributed by atoms with Gasteiger partial charge in [0, 0.05) is 49.0 Å². The molecule has 2 fully saturated rings. The Morgan fingerprint density at radius 3 is 2.15 bits per heavy atom. The van der Waals surface area contributed by atoms with E-state index in [2.05, 4.69) is 60.6 Å². The maximum atomic E-state index is 13.3. The van der Waals surface area contributed by atoms with E-state index >= 15 is 0 Å². The molecule has 0 atom stereocenters. The van der Waals surface area contributed by atoms with Crippen LogP contribution in [0.3, 0.4) is 0 Å². The average molecular weight is 561 g/mol. The standard InChI is InChI=1S/C30H39F3N4O3/c1-29(2,3)22-6-11-25(12-7-22)36-16-14-20(15-17-36)19-34-28(38)21-4-8-23(9-5-21)35-24-10-13-27(37(39)40)26(18-24)30(31,32)33/h6-7,10-13,18,20-21,23,35H,4-5,8-9,14-17,19H2,1-3H3,(H,34,38)/t21-,23-. The van der Waals surface area contributed by atoms with Gasteiger partial charge in [0.2, 0.25) is 5.91 Å². The van der Waals surface area contributed by atoms with Crippen molar-refractivity contribution in [3.63, 3.8) is 0 Å². The molecule has 4 rings (SSSR count). The summed E-state index contributed by atoms with van der Waals surface area (Å²) in [5, 5.41) is 17.2. The summed E-state index contributed by atoms with van der Waals surface area (Å²) in [6, 6.07) is 11.7. The molecule has 218 valence electrons. The van der Waals surface area contributed by atoms with E-state index in [9.17, 15) is 28.1 Å². The number of amides is 1. The van der Waals surface area contributed by atoms with Crippen molar-refractivity contribution < 1.29 is 22.9 Å². The molecule has 1 heterocycles. The molecule has 1 amide bonds. The summed E-state index contributed by atoms with van der Waals surface area (Å²) < 4.78 is 39.8. The van der Waals surface area contributed by atoms with Crippen LogP contribution in [0.15, 0.2) is 42.5 Å². The predicted octanol–water partition coefficient (Wildman–Crippen LogP) is 6.91. The summed E-state index contributed by atoms with van der Waals surface area (Å²) in [5.74, 6) is 0.382. The quantitative estimate of drug-likeness (QED) is 0.284. The van der Waals surface area contributed by atoms with Crippen LogP contribution in [0.4, 0.5) is 30.2 Å². The van der Waals surface area contributed by atoms with Gasteiger partial charge in [0.15, 0.2) is 0 Å². The lowest BCUT2D eigenvalue weighted by molar-refractivity contribution is -0.388. The molecule has 0 unspecified atom stereocenters. The minimum absolute atomic E-state index is 0.0494. The van der Waals surface area contributed by atoms with Crippen LogP contribution in [0.2, 0.25) is 0 Å². The Bertz CT molecular complexity index is 1180. The zero-order valence-electron chi connectivity index (χ0n) is 23.4. The lowest BCUT2D eigenvalue weighted by Crippen LogP contribution is -2.41. The Kier molecular flexibility index (Phi) is 8.95. The molecule has 1 saturated carbocycles. The molecule has 0 aromatic heterocycles. The molecule has 1 saturated heterocycles. The lowest BCUT2D eigenvalue weighted by Gasteiger charge is -2.34. The van der Waals surface area contributed by atoms with Crippen LogP contribution < -0.4 is 15.5 Å². The highest BCUT2D eigenvalue weighted by Gasteiger charge is 2.38. The molecule has 0 spiro atoms. The van der Waals surface area contributed by atoms with Gasteiger partial charge >= 0.3 is 6.18 Å². The first-order valence-corrected chi connectivity index (χ1v) is 14.1. The van der Waals surface area contributed by atoms with Gasteiger partial charge in [-0.3, -0.25) is 14.9 Å². The van der Waals surface area contributed by atoms with Crippen molar-refractivity contribution in [1.29, 1.82) is 0 Å². The Morgan fingerprint density at radius 2 is 1.60 bits per heavy atom. The predicted molar refractivity (Wildman–Crippen MR) is 151 cm³/mol. The van der Waals surface area contributed by atoms with E-state index in [1.54, 1.807) is 0 Å². The third-order valence-electron chi connectivity index (χ3n) is 8.25. The molecule has 2 N–H and O–H groups in total. The number of carbonyl (C=O) groups excluding carboxylic acids is 1. The van der Waals surface area contributed by atoms with Gasteiger partial charge in [-0.05, 0) is 79.7 Å². The second kappa shape index (κ2) is 12.1. The van der Waals surface area contributed by atoms with E-state index in [1.807, 2.05) is 0 Å². The van der Waals surface area contributed by atoms with Crippen molar-refractivity contribution in [1.82, 2.24) is 5.32 Å². The largest absolute Gasteiger partial charge is 0.423 e. The number of rotatable bonds is 7. The van der Waals surface area contributed by atoms with Crippen LogP contribution in [-0.2, 0) is 16.4 Å². The van der Waals surface area contributed by atoms with Crippen LogP contribution in [0.25, 0.3) is 0 Å². The van der Waals surface area contributed by atoms with Crippen molar-refractivity contribution in [3.8, 4) is 0 Å². The van der Waals surface area contributed by atoms with Crippen LogP contribution >= 0.6 is 0 Å². The third-order valence-corrected chi connectivity index (χ3v) is 8.25. The van der Waals surface area contributed by atoms with Gasteiger partial charge in [0.25, 0.3) is 5.69 Å². The minimum Gasteiger partial charge on any atom is -0.382 e. The van der Waals surface area contributed by atoms with Crippen LogP contribution in [-0.4, -0.2) is 36.5 Å². The topological polar surface area (TPSA) is 87.5 Å². The monoisotopic (exact) mass is 560 g/mol. The summed E-state index contributed by atoms with van der Waals surface area (Å²) in [6.45, 7) is 9.22. The second-order valence-electron chi connectivity index (χ2n) is 12.2. The van der Waals surface area contributed by atoms with E-state index in [1.165, 1.54) is 17.3 Å². The number of carbonyl (C=O) groups is 1. The number of nitrogens with zero attached hydrogens (tertiary/aromatic N) is 2. The van der Waals surface area contributed by atoms with Crippen LogP contribution in [0.1, 0.15) is 70.4 Å². The second-order valence-corrected chi connectivity index (χ2v) is 12.2. The number of anilines is 2. The van der Waals surface area contributed by atoms with Gasteiger partial charge in [-0.25, -0.2) is 0 Å². The Hall–Kier alpha value is -3.30. The molecule has 10 heteroatoms. The Labute approximate surface area is 233 Å². The van der Waals surface area contributed by atoms with Gasteiger partial charge in [0.1, 0.15) is 5.56 Å². The molecule has 2 aromatic carbocycles. The molecule has 2 aromatic rings. The van der Waals surface area contributed by atoms with Crippen molar-refractivity contribution in [2.24, 2.45) is 11.8 Å². The lowest BCUT2D eigenvalue weighted by atomic mass is 9.85. The summed E-state index contributed by atoms with van der Waals surface area (Å²) in [4.78, 5) is 25.2. The highest BCUT2D eigenvalue weighted by molar-refractivity contribution is 5.78. The number of hydrogen-bond donors (Lipinski definition) is 2. The highest BCUT2D eigenvalue weighted by atomic mass is 19.4. The number of piperidine rings is 1. The normalized spacial score (nSPS) is 20.7. The van der Waals surface area contributed by atoms with E-state index in [0.29, 0.717) is 38.1 Å². The molecular weight excluding hydrogens is 521 g/mol. The first-order valence-electron chi connectivity index (χ1n) is 14.1. The van der Waals surface area contributed by atoms with Crippen molar-refractivity contribution in [3.05, 3.63) is 63.7 Å². The van der Waals surface area contributed by atoms with Crippen molar-refractivity contribution >= 4 is 23.0 Å². The number of benzene rings is 2. The maximum Gasteiger partial charge on any atom is 0.423 e. The summed E-state index contributed by atoms with van der Waals surface area (Å²) in [7, 11) is 0. The molecule has 7 nitrogen and oxygen atoms in total. The number of nitro groups is 1. The first kappa shape index (κ1) is 29.7. The van der Waals surface area contributed by atoms with Crippen molar-refractivity contribution in [2.75, 3.05) is 29.9 Å². The zero-order chi connectivity index (χ0) is 29.1. The molecule has 40 heavy (non-hydrogen) atoms. The van der Waals surface area contributed by atoms with E-state index in [4.69, 9.17) is 0 Å². The first-order chi connectivity index (χ1) is 18.8. The Balaban J connectivity index is 1.19. The zero-order valence-corrected chi connectivity index (χ0v) is 23.4. The third kappa shape index (κ3) is 7.46. The fourth-order valence-corrected chi connectivity index (χ4v) is 5.70. The number of halogens is 3. The molecule has 0 bridgehead atoms. The Morgan fingerprint density at radius 1 is 0.975 bits per heavy atom. The van der Waals surface area contributed by atoms with Gasteiger partial charge in [-0.2, -0.15) is 13.2 Å². The fraction of sp³-hybridized carbons (Fsp3) is 0.567. The average Bonchev–Trinajstić information content (AvgIpc) is 2.91. The van der Waals surface area contributed by atoms with E-state index in [0.717, 1.165) is 38.1 Å². The summed E-state index contributed by atoms with van der Waals surface area (Å²) >= 11 is 0. The van der Waals surface area contributed by atoms with Crippen LogP contribution in [0, 0.1) is 22.0 Å². The van der Waals surface area contributed by atoms with Gasteiger partial charge < -0.3 is 15.5 Å². The van der Waals surface area contributed by atoms with Crippen LogP contribution in [0.5, 0.6) is 0 Å². The summed E-state index contributed by atoms with van der Waals surface area (Å²) in [6.07, 6.45) is -0.201. The summed E-state index contributed by atoms with van der Waals surface area (Å²) in [5.41, 5.74) is 0.665. The number of nitrogens with one attached hydrogen (secondary N) is 2. The van der Waals surface area contributed by atoms with Crippen molar-refractivity contribution in [2.45, 2.75) is 76.9 Å². The number of alkyl halides is 3.